The lowest BCUT2D eigenvalue weighted by atomic mass is 10.1. The quantitative estimate of drug-likeness (QED) is 0.619. The molecule has 6 heteroatoms. The highest BCUT2D eigenvalue weighted by molar-refractivity contribution is 6.34. The third kappa shape index (κ3) is 4.79. The van der Waals surface area contributed by atoms with Gasteiger partial charge in [0.2, 0.25) is 0 Å². The summed E-state index contributed by atoms with van der Waals surface area (Å²) in [5.41, 5.74) is 7.23. The fraction of sp³-hybridized carbons (Fsp3) is 0.533. The number of esters is 1. The van der Waals surface area contributed by atoms with Crippen LogP contribution in [0.3, 0.4) is 0 Å². The second kappa shape index (κ2) is 8.10. The SMILES string of the molecule is COCCN(CC(C)C)c1c(Cl)cc(N)cc1C(=O)OC. The van der Waals surface area contributed by atoms with Crippen molar-refractivity contribution in [1.82, 2.24) is 0 Å². The fourth-order valence-electron chi connectivity index (χ4n) is 2.14. The van der Waals surface area contributed by atoms with Gasteiger partial charge in [0.1, 0.15) is 0 Å². The topological polar surface area (TPSA) is 64.8 Å². The highest BCUT2D eigenvalue weighted by Gasteiger charge is 2.22. The Morgan fingerprint density at radius 2 is 2.05 bits per heavy atom. The van der Waals surface area contributed by atoms with Gasteiger partial charge in [-0.1, -0.05) is 25.4 Å². The lowest BCUT2D eigenvalue weighted by molar-refractivity contribution is 0.0601. The van der Waals surface area contributed by atoms with Crippen LogP contribution in [0.1, 0.15) is 24.2 Å². The molecule has 0 saturated heterocycles. The third-order valence-electron chi connectivity index (χ3n) is 2.96. The molecule has 0 atom stereocenters. The summed E-state index contributed by atoms with van der Waals surface area (Å²) in [7, 11) is 2.98. The number of hydrogen-bond donors (Lipinski definition) is 1. The summed E-state index contributed by atoms with van der Waals surface area (Å²) in [6.45, 7) is 6.11. The van der Waals surface area contributed by atoms with Crippen LogP contribution in [0.4, 0.5) is 11.4 Å². The number of ether oxygens (including phenoxy) is 2. The first-order valence-corrected chi connectivity index (χ1v) is 7.19. The van der Waals surface area contributed by atoms with Crippen molar-refractivity contribution in [2.24, 2.45) is 5.92 Å². The zero-order valence-corrected chi connectivity index (χ0v) is 13.7. The number of hydrogen-bond acceptors (Lipinski definition) is 5. The van der Waals surface area contributed by atoms with E-state index in [0.29, 0.717) is 41.0 Å². The van der Waals surface area contributed by atoms with Crippen molar-refractivity contribution in [3.8, 4) is 0 Å². The number of methoxy groups -OCH3 is 2. The van der Waals surface area contributed by atoms with E-state index in [4.69, 9.17) is 26.8 Å². The van der Waals surface area contributed by atoms with Gasteiger partial charge < -0.3 is 20.1 Å². The maximum absolute atomic E-state index is 12.0. The van der Waals surface area contributed by atoms with E-state index < -0.39 is 5.97 Å². The number of nitrogens with two attached hydrogens (primary N) is 1. The number of rotatable bonds is 7. The minimum atomic E-state index is -0.453. The van der Waals surface area contributed by atoms with Crippen LogP contribution in [0.25, 0.3) is 0 Å². The lowest BCUT2D eigenvalue weighted by Gasteiger charge is -2.29. The predicted octanol–water partition coefficient (Wildman–Crippen LogP) is 2.82. The van der Waals surface area contributed by atoms with Crippen molar-refractivity contribution in [3.05, 3.63) is 22.7 Å². The molecule has 1 rings (SSSR count). The van der Waals surface area contributed by atoms with Crippen LogP contribution in [0.15, 0.2) is 12.1 Å². The molecule has 0 amide bonds. The first-order chi connectivity index (χ1) is 9.90. The molecule has 0 bridgehead atoms. The maximum atomic E-state index is 12.0. The van der Waals surface area contributed by atoms with Crippen molar-refractivity contribution < 1.29 is 14.3 Å². The van der Waals surface area contributed by atoms with Gasteiger partial charge >= 0.3 is 5.97 Å². The summed E-state index contributed by atoms with van der Waals surface area (Å²) in [5.74, 6) is -0.0497. The summed E-state index contributed by atoms with van der Waals surface area (Å²) < 4.78 is 9.98. The molecule has 0 heterocycles. The van der Waals surface area contributed by atoms with Gasteiger partial charge in [-0.05, 0) is 18.1 Å². The van der Waals surface area contributed by atoms with Crippen LogP contribution >= 0.6 is 11.6 Å². The number of anilines is 2. The average Bonchev–Trinajstić information content (AvgIpc) is 2.41. The number of nitrogen functional groups attached to an aromatic ring is 1. The average molecular weight is 315 g/mol. The van der Waals surface area contributed by atoms with Crippen LogP contribution < -0.4 is 10.6 Å². The van der Waals surface area contributed by atoms with E-state index in [9.17, 15) is 4.79 Å². The molecule has 0 unspecified atom stereocenters. The number of nitrogens with zero attached hydrogens (tertiary/aromatic N) is 1. The summed E-state index contributed by atoms with van der Waals surface area (Å²) in [6, 6.07) is 3.23. The Hall–Kier alpha value is -1.46. The molecule has 1 aromatic carbocycles. The van der Waals surface area contributed by atoms with Crippen molar-refractivity contribution in [3.63, 3.8) is 0 Å². The molecule has 0 aliphatic carbocycles. The summed E-state index contributed by atoms with van der Waals surface area (Å²) in [4.78, 5) is 14.0. The zero-order valence-electron chi connectivity index (χ0n) is 13.0. The molecule has 0 aliphatic rings. The van der Waals surface area contributed by atoms with Gasteiger partial charge in [-0.25, -0.2) is 4.79 Å². The van der Waals surface area contributed by atoms with Crippen molar-refractivity contribution in [2.75, 3.05) is 44.5 Å². The fourth-order valence-corrected chi connectivity index (χ4v) is 2.49. The first kappa shape index (κ1) is 17.6. The molecule has 0 radical (unpaired) electrons. The molecule has 0 saturated carbocycles. The Bertz CT molecular complexity index is 492. The third-order valence-corrected chi connectivity index (χ3v) is 3.25. The van der Waals surface area contributed by atoms with Gasteiger partial charge in [0.15, 0.2) is 0 Å². The van der Waals surface area contributed by atoms with Crippen LogP contribution in [0.5, 0.6) is 0 Å². The van der Waals surface area contributed by atoms with Crippen molar-refractivity contribution in [2.45, 2.75) is 13.8 Å². The number of carbonyl (C=O) groups excluding carboxylic acids is 1. The molecule has 0 fully saturated rings. The Morgan fingerprint density at radius 3 is 2.57 bits per heavy atom. The van der Waals surface area contributed by atoms with Gasteiger partial charge in [0.25, 0.3) is 0 Å². The van der Waals surface area contributed by atoms with Gasteiger partial charge in [0.05, 0.1) is 30.0 Å². The molecule has 5 nitrogen and oxygen atoms in total. The molecular formula is C15H23ClN2O3. The molecule has 0 aromatic heterocycles. The normalized spacial score (nSPS) is 10.8. The smallest absolute Gasteiger partial charge is 0.340 e. The predicted molar refractivity (Wildman–Crippen MR) is 86.1 cm³/mol. The summed E-state index contributed by atoms with van der Waals surface area (Å²) in [5, 5.41) is 0.437. The van der Waals surface area contributed by atoms with Crippen LogP contribution in [-0.2, 0) is 9.47 Å². The van der Waals surface area contributed by atoms with Gasteiger partial charge in [-0.2, -0.15) is 0 Å². The highest BCUT2D eigenvalue weighted by atomic mass is 35.5. The minimum Gasteiger partial charge on any atom is -0.465 e. The molecule has 1 aromatic rings. The standard InChI is InChI=1S/C15H23ClN2O3/c1-10(2)9-18(5-6-20-3)14-12(15(19)21-4)7-11(17)8-13(14)16/h7-8,10H,5-6,9,17H2,1-4H3. The maximum Gasteiger partial charge on any atom is 0.340 e. The van der Waals surface area contributed by atoms with Crippen LogP contribution in [0, 0.1) is 5.92 Å². The monoisotopic (exact) mass is 314 g/mol. The van der Waals surface area contributed by atoms with Gasteiger partial charge in [0, 0.05) is 25.9 Å². The molecule has 21 heavy (non-hydrogen) atoms. The number of halogens is 1. The number of carbonyl (C=O) groups is 1. The van der Waals surface area contributed by atoms with E-state index in [1.807, 2.05) is 4.90 Å². The Labute approximate surface area is 131 Å². The lowest BCUT2D eigenvalue weighted by Crippen LogP contribution is -2.32. The minimum absolute atomic E-state index is 0.374. The Morgan fingerprint density at radius 1 is 1.38 bits per heavy atom. The molecule has 118 valence electrons. The van der Waals surface area contributed by atoms with E-state index in [-0.39, 0.29) is 0 Å². The first-order valence-electron chi connectivity index (χ1n) is 6.81. The van der Waals surface area contributed by atoms with Crippen molar-refractivity contribution in [1.29, 1.82) is 0 Å². The zero-order chi connectivity index (χ0) is 16.0. The second-order valence-corrected chi connectivity index (χ2v) is 5.63. The summed E-state index contributed by atoms with van der Waals surface area (Å²) >= 11 is 6.32. The van der Waals surface area contributed by atoms with E-state index >= 15 is 0 Å². The molecular weight excluding hydrogens is 292 g/mol. The summed E-state index contributed by atoms with van der Waals surface area (Å²) in [6.07, 6.45) is 0. The largest absolute Gasteiger partial charge is 0.465 e. The van der Waals surface area contributed by atoms with Crippen LogP contribution in [-0.4, -0.2) is 39.9 Å². The van der Waals surface area contributed by atoms with E-state index in [1.165, 1.54) is 7.11 Å². The molecule has 2 N–H and O–H groups in total. The van der Waals surface area contributed by atoms with Crippen molar-refractivity contribution >= 4 is 28.9 Å². The van der Waals surface area contributed by atoms with E-state index in [2.05, 4.69) is 13.8 Å². The molecule has 0 aliphatic heterocycles. The van der Waals surface area contributed by atoms with E-state index in [0.717, 1.165) is 6.54 Å². The highest BCUT2D eigenvalue weighted by Crippen LogP contribution is 2.33. The van der Waals surface area contributed by atoms with Gasteiger partial charge in [-0.15, -0.1) is 0 Å². The second-order valence-electron chi connectivity index (χ2n) is 5.22. The van der Waals surface area contributed by atoms with E-state index in [1.54, 1.807) is 19.2 Å². The number of benzene rings is 1. The molecule has 0 spiro atoms. The Kier molecular flexibility index (Phi) is 6.78. The Balaban J connectivity index is 3.29. The van der Waals surface area contributed by atoms with Gasteiger partial charge in [-0.3, -0.25) is 0 Å². The van der Waals surface area contributed by atoms with Crippen LogP contribution in [0.2, 0.25) is 5.02 Å².